The van der Waals surface area contributed by atoms with Gasteiger partial charge in [0.05, 0.1) is 11.6 Å². The summed E-state index contributed by atoms with van der Waals surface area (Å²) in [6.07, 6.45) is 0. The number of nitrogens with one attached hydrogen (secondary N) is 1. The Hall–Kier alpha value is -0.340. The molecule has 1 rings (SSSR count). The number of ether oxygens (including phenoxy) is 1. The summed E-state index contributed by atoms with van der Waals surface area (Å²) in [7, 11) is -2.34. The number of methoxy groups -OCH3 is 1. The Morgan fingerprint density at radius 1 is 1.56 bits per heavy atom. The van der Waals surface area contributed by atoms with Crippen LogP contribution in [0, 0.1) is 0 Å². The topological polar surface area (TPSA) is 81.4 Å². The third-order valence-electron chi connectivity index (χ3n) is 2.18. The van der Waals surface area contributed by atoms with Gasteiger partial charge in [0.1, 0.15) is 4.90 Å². The normalized spacial score (nSPS) is 13.4. The molecular weight excluding hydrogens is 344 g/mol. The van der Waals surface area contributed by atoms with Crippen LogP contribution in [0.4, 0.5) is 0 Å². The van der Waals surface area contributed by atoms with E-state index in [1.54, 1.807) is 13.0 Å². The average molecular weight is 358 g/mol. The minimum Gasteiger partial charge on any atom is -0.494 e. The summed E-state index contributed by atoms with van der Waals surface area (Å²) in [6.45, 7) is 1.87. The molecule has 0 amide bonds. The third kappa shape index (κ3) is 3.58. The van der Waals surface area contributed by atoms with Crippen molar-refractivity contribution >= 4 is 37.6 Å². The van der Waals surface area contributed by atoms with Crippen LogP contribution >= 0.6 is 27.5 Å². The molecule has 0 heterocycles. The Bertz CT molecular complexity index is 536. The molecule has 18 heavy (non-hydrogen) atoms. The number of benzene rings is 1. The van der Waals surface area contributed by atoms with Gasteiger partial charge in [0, 0.05) is 17.6 Å². The SMILES string of the molecule is COc1c(Br)cc(Cl)cc1S(=O)(=O)N[C@H](C)CN. The Kier molecular flexibility index (Phi) is 5.42. The highest BCUT2D eigenvalue weighted by Crippen LogP contribution is 2.35. The van der Waals surface area contributed by atoms with Crippen molar-refractivity contribution in [2.45, 2.75) is 17.9 Å². The zero-order valence-corrected chi connectivity index (χ0v) is 13.1. The number of hydrogen-bond donors (Lipinski definition) is 2. The summed E-state index contributed by atoms with van der Waals surface area (Å²) in [6, 6.07) is 2.51. The second-order valence-corrected chi connectivity index (χ2v) is 6.65. The van der Waals surface area contributed by atoms with Crippen molar-refractivity contribution in [2.75, 3.05) is 13.7 Å². The van der Waals surface area contributed by atoms with Crippen LogP contribution in [0.3, 0.4) is 0 Å². The van der Waals surface area contributed by atoms with Crippen LogP contribution in [0.5, 0.6) is 5.75 Å². The monoisotopic (exact) mass is 356 g/mol. The van der Waals surface area contributed by atoms with Crippen molar-refractivity contribution in [3.63, 3.8) is 0 Å². The van der Waals surface area contributed by atoms with E-state index in [9.17, 15) is 8.42 Å². The summed E-state index contributed by atoms with van der Waals surface area (Å²) in [5.74, 6) is 0.205. The smallest absolute Gasteiger partial charge is 0.244 e. The molecule has 1 aromatic rings. The lowest BCUT2D eigenvalue weighted by Crippen LogP contribution is -2.37. The number of halogens is 2. The fourth-order valence-corrected chi connectivity index (χ4v) is 3.95. The molecule has 0 fully saturated rings. The van der Waals surface area contributed by atoms with Gasteiger partial charge in [-0.3, -0.25) is 0 Å². The molecule has 1 atom stereocenters. The third-order valence-corrected chi connectivity index (χ3v) is 4.58. The van der Waals surface area contributed by atoms with Crippen LogP contribution in [0.2, 0.25) is 5.02 Å². The van der Waals surface area contributed by atoms with Gasteiger partial charge in [0.25, 0.3) is 0 Å². The van der Waals surface area contributed by atoms with Crippen molar-refractivity contribution in [3.05, 3.63) is 21.6 Å². The second-order valence-electron chi connectivity index (χ2n) is 3.68. The number of hydrogen-bond acceptors (Lipinski definition) is 4. The van der Waals surface area contributed by atoms with Gasteiger partial charge in [-0.05, 0) is 35.0 Å². The van der Waals surface area contributed by atoms with Crippen LogP contribution in [0.15, 0.2) is 21.5 Å². The molecule has 0 aliphatic carbocycles. The lowest BCUT2D eigenvalue weighted by molar-refractivity contribution is 0.399. The molecule has 102 valence electrons. The van der Waals surface area contributed by atoms with Gasteiger partial charge in [-0.2, -0.15) is 0 Å². The lowest BCUT2D eigenvalue weighted by atomic mass is 10.3. The molecule has 0 aliphatic rings. The maximum absolute atomic E-state index is 12.2. The fourth-order valence-electron chi connectivity index (χ4n) is 1.31. The first-order chi connectivity index (χ1) is 8.31. The molecule has 0 unspecified atom stereocenters. The molecule has 8 heteroatoms. The fraction of sp³-hybridized carbons (Fsp3) is 0.400. The molecule has 0 aromatic heterocycles. The summed E-state index contributed by atoms with van der Waals surface area (Å²) < 4.78 is 32.3. The van der Waals surface area contributed by atoms with Gasteiger partial charge < -0.3 is 10.5 Å². The minimum absolute atomic E-state index is 0.0234. The first kappa shape index (κ1) is 15.7. The Balaban J connectivity index is 3.31. The van der Waals surface area contributed by atoms with Crippen molar-refractivity contribution in [2.24, 2.45) is 5.73 Å². The average Bonchev–Trinajstić information content (AvgIpc) is 2.27. The molecule has 0 saturated carbocycles. The highest BCUT2D eigenvalue weighted by molar-refractivity contribution is 9.10. The summed E-state index contributed by atoms with van der Waals surface area (Å²) in [5, 5.41) is 0.295. The molecule has 0 aliphatic heterocycles. The maximum Gasteiger partial charge on any atom is 0.244 e. The number of rotatable bonds is 5. The van der Waals surface area contributed by atoms with Crippen molar-refractivity contribution in [1.82, 2.24) is 4.72 Å². The maximum atomic E-state index is 12.2. The zero-order chi connectivity index (χ0) is 13.9. The van der Waals surface area contributed by atoms with E-state index in [1.165, 1.54) is 13.2 Å². The Morgan fingerprint density at radius 2 is 2.17 bits per heavy atom. The van der Waals surface area contributed by atoms with Gasteiger partial charge in [0.15, 0.2) is 5.75 Å². The standard InChI is InChI=1S/C10H14BrClN2O3S/c1-6(5-13)14-18(15,16)9-4-7(12)3-8(11)10(9)17-2/h3-4,6,14H,5,13H2,1-2H3/t6-/m1/s1. The summed E-state index contributed by atoms with van der Waals surface area (Å²) in [5.41, 5.74) is 5.39. The Labute approximate surface area is 120 Å². The predicted molar refractivity (Wildman–Crippen MR) is 74.5 cm³/mol. The zero-order valence-electron chi connectivity index (χ0n) is 9.91. The first-order valence-corrected chi connectivity index (χ1v) is 7.72. The van der Waals surface area contributed by atoms with Crippen LogP contribution in [-0.2, 0) is 10.0 Å². The van der Waals surface area contributed by atoms with E-state index in [4.69, 9.17) is 22.1 Å². The van der Waals surface area contributed by atoms with Gasteiger partial charge in [-0.25, -0.2) is 13.1 Å². The van der Waals surface area contributed by atoms with Crippen LogP contribution < -0.4 is 15.2 Å². The van der Waals surface area contributed by atoms with Crippen LogP contribution in [0.25, 0.3) is 0 Å². The van der Waals surface area contributed by atoms with Crippen LogP contribution in [0.1, 0.15) is 6.92 Å². The van der Waals surface area contributed by atoms with E-state index in [1.807, 2.05) is 0 Å². The molecule has 3 N–H and O–H groups in total. The van der Waals surface area contributed by atoms with E-state index >= 15 is 0 Å². The minimum atomic E-state index is -3.73. The highest BCUT2D eigenvalue weighted by atomic mass is 79.9. The summed E-state index contributed by atoms with van der Waals surface area (Å²) >= 11 is 9.06. The van der Waals surface area contributed by atoms with E-state index in [0.29, 0.717) is 9.50 Å². The highest BCUT2D eigenvalue weighted by Gasteiger charge is 2.23. The second kappa shape index (κ2) is 6.21. The van der Waals surface area contributed by atoms with E-state index < -0.39 is 10.0 Å². The molecule has 0 saturated heterocycles. The molecular formula is C10H14BrClN2O3S. The van der Waals surface area contributed by atoms with E-state index in [-0.39, 0.29) is 23.2 Å². The van der Waals surface area contributed by atoms with E-state index in [0.717, 1.165) is 0 Å². The van der Waals surface area contributed by atoms with Crippen LogP contribution in [-0.4, -0.2) is 28.1 Å². The van der Waals surface area contributed by atoms with Crippen molar-refractivity contribution in [3.8, 4) is 5.75 Å². The molecule has 5 nitrogen and oxygen atoms in total. The Morgan fingerprint density at radius 3 is 2.67 bits per heavy atom. The number of sulfonamides is 1. The lowest BCUT2D eigenvalue weighted by Gasteiger charge is -2.15. The van der Waals surface area contributed by atoms with E-state index in [2.05, 4.69) is 20.7 Å². The van der Waals surface area contributed by atoms with Crippen molar-refractivity contribution < 1.29 is 13.2 Å². The predicted octanol–water partition coefficient (Wildman–Crippen LogP) is 1.74. The van der Waals surface area contributed by atoms with Gasteiger partial charge in [0.2, 0.25) is 10.0 Å². The molecule has 0 bridgehead atoms. The van der Waals surface area contributed by atoms with Gasteiger partial charge in [-0.1, -0.05) is 11.6 Å². The molecule has 0 spiro atoms. The first-order valence-electron chi connectivity index (χ1n) is 5.07. The molecule has 0 radical (unpaired) electrons. The van der Waals surface area contributed by atoms with Crippen molar-refractivity contribution in [1.29, 1.82) is 0 Å². The quantitative estimate of drug-likeness (QED) is 0.841. The van der Waals surface area contributed by atoms with Gasteiger partial charge in [-0.15, -0.1) is 0 Å². The summed E-state index contributed by atoms with van der Waals surface area (Å²) in [4.78, 5) is -0.0234. The van der Waals surface area contributed by atoms with Gasteiger partial charge >= 0.3 is 0 Å². The molecule has 1 aromatic carbocycles. The number of nitrogens with two attached hydrogens (primary N) is 1. The largest absolute Gasteiger partial charge is 0.494 e.